The molecule has 0 bridgehead atoms. The molecule has 0 radical (unpaired) electrons. The Morgan fingerprint density at radius 2 is 1.85 bits per heavy atom. The van der Waals surface area contributed by atoms with Crippen molar-refractivity contribution in [3.05, 3.63) is 35.4 Å². The SMILES string of the molecule is COCc1ccc(CC(N)=O)cc1. The molecule has 0 atom stereocenters. The van der Waals surface area contributed by atoms with Gasteiger partial charge in [-0.1, -0.05) is 24.3 Å². The summed E-state index contributed by atoms with van der Waals surface area (Å²) >= 11 is 0. The molecule has 3 heteroatoms. The quantitative estimate of drug-likeness (QED) is 0.745. The van der Waals surface area contributed by atoms with Crippen LogP contribution in [0.5, 0.6) is 0 Å². The fourth-order valence-electron chi connectivity index (χ4n) is 1.12. The first kappa shape index (κ1) is 9.74. The molecule has 3 nitrogen and oxygen atoms in total. The molecule has 0 saturated heterocycles. The van der Waals surface area contributed by atoms with Crippen LogP contribution in [-0.4, -0.2) is 13.0 Å². The van der Waals surface area contributed by atoms with Crippen molar-refractivity contribution in [2.24, 2.45) is 5.73 Å². The van der Waals surface area contributed by atoms with Gasteiger partial charge in [-0.05, 0) is 11.1 Å². The van der Waals surface area contributed by atoms with E-state index in [1.807, 2.05) is 24.3 Å². The van der Waals surface area contributed by atoms with Gasteiger partial charge in [-0.25, -0.2) is 0 Å². The van der Waals surface area contributed by atoms with Crippen LogP contribution >= 0.6 is 0 Å². The van der Waals surface area contributed by atoms with Crippen LogP contribution < -0.4 is 5.73 Å². The zero-order chi connectivity index (χ0) is 9.68. The van der Waals surface area contributed by atoms with Gasteiger partial charge in [0, 0.05) is 7.11 Å². The van der Waals surface area contributed by atoms with E-state index in [2.05, 4.69) is 0 Å². The first-order valence-electron chi connectivity index (χ1n) is 4.07. The van der Waals surface area contributed by atoms with Crippen LogP contribution in [-0.2, 0) is 22.6 Å². The Balaban J connectivity index is 2.64. The zero-order valence-electron chi connectivity index (χ0n) is 7.62. The zero-order valence-corrected chi connectivity index (χ0v) is 7.62. The standard InChI is InChI=1S/C10H13NO2/c1-13-7-9-4-2-8(3-5-9)6-10(11)12/h2-5H,6-7H2,1H3,(H2,11,12). The van der Waals surface area contributed by atoms with Crippen molar-refractivity contribution in [2.45, 2.75) is 13.0 Å². The predicted octanol–water partition coefficient (Wildman–Crippen LogP) is 0.861. The molecule has 2 N–H and O–H groups in total. The van der Waals surface area contributed by atoms with E-state index in [-0.39, 0.29) is 5.91 Å². The van der Waals surface area contributed by atoms with Gasteiger partial charge < -0.3 is 10.5 Å². The van der Waals surface area contributed by atoms with Crippen LogP contribution in [0.4, 0.5) is 0 Å². The number of amides is 1. The number of methoxy groups -OCH3 is 1. The second-order valence-electron chi connectivity index (χ2n) is 2.89. The van der Waals surface area contributed by atoms with E-state index in [9.17, 15) is 4.79 Å². The largest absolute Gasteiger partial charge is 0.380 e. The van der Waals surface area contributed by atoms with Crippen LogP contribution in [0, 0.1) is 0 Å². The molecular formula is C10H13NO2. The van der Waals surface area contributed by atoms with Gasteiger partial charge in [0.15, 0.2) is 0 Å². The molecule has 0 saturated carbocycles. The number of hydrogen-bond donors (Lipinski definition) is 1. The van der Waals surface area contributed by atoms with E-state index in [4.69, 9.17) is 10.5 Å². The summed E-state index contributed by atoms with van der Waals surface area (Å²) in [4.78, 5) is 10.6. The number of carbonyl (C=O) groups excluding carboxylic acids is 1. The minimum Gasteiger partial charge on any atom is -0.380 e. The van der Waals surface area contributed by atoms with Gasteiger partial charge in [0.1, 0.15) is 0 Å². The summed E-state index contributed by atoms with van der Waals surface area (Å²) in [6.07, 6.45) is 0.299. The molecular weight excluding hydrogens is 166 g/mol. The van der Waals surface area contributed by atoms with Crippen molar-refractivity contribution in [1.29, 1.82) is 0 Å². The smallest absolute Gasteiger partial charge is 0.221 e. The van der Waals surface area contributed by atoms with E-state index in [1.165, 1.54) is 0 Å². The topological polar surface area (TPSA) is 52.3 Å². The second kappa shape index (κ2) is 4.62. The van der Waals surface area contributed by atoms with Crippen LogP contribution in [0.25, 0.3) is 0 Å². The van der Waals surface area contributed by atoms with E-state index in [0.29, 0.717) is 13.0 Å². The molecule has 0 heterocycles. The maximum atomic E-state index is 10.6. The molecule has 0 unspecified atom stereocenters. The van der Waals surface area contributed by atoms with Gasteiger partial charge in [-0.2, -0.15) is 0 Å². The molecule has 1 amide bonds. The van der Waals surface area contributed by atoms with Crippen molar-refractivity contribution >= 4 is 5.91 Å². The Kier molecular flexibility index (Phi) is 3.46. The van der Waals surface area contributed by atoms with Gasteiger partial charge in [-0.3, -0.25) is 4.79 Å². The number of rotatable bonds is 4. The fraction of sp³-hybridized carbons (Fsp3) is 0.300. The van der Waals surface area contributed by atoms with Crippen molar-refractivity contribution in [3.63, 3.8) is 0 Å². The molecule has 1 aromatic carbocycles. The molecule has 0 aliphatic heterocycles. The van der Waals surface area contributed by atoms with E-state index in [0.717, 1.165) is 11.1 Å². The second-order valence-corrected chi connectivity index (χ2v) is 2.89. The summed E-state index contributed by atoms with van der Waals surface area (Å²) in [6, 6.07) is 7.64. The molecule has 70 valence electrons. The molecule has 0 aliphatic rings. The minimum atomic E-state index is -0.306. The molecule has 0 aromatic heterocycles. The highest BCUT2D eigenvalue weighted by Gasteiger charge is 1.97. The molecule has 1 aromatic rings. The third-order valence-electron chi connectivity index (χ3n) is 1.71. The average molecular weight is 179 g/mol. The molecule has 0 fully saturated rings. The number of ether oxygens (including phenoxy) is 1. The summed E-state index contributed by atoms with van der Waals surface area (Å²) < 4.78 is 4.96. The summed E-state index contributed by atoms with van der Waals surface area (Å²) in [5, 5.41) is 0. The van der Waals surface area contributed by atoms with E-state index in [1.54, 1.807) is 7.11 Å². The molecule has 0 spiro atoms. The Morgan fingerprint density at radius 1 is 1.31 bits per heavy atom. The molecule has 0 aliphatic carbocycles. The highest BCUT2D eigenvalue weighted by atomic mass is 16.5. The predicted molar refractivity (Wildman–Crippen MR) is 50.1 cm³/mol. The minimum absolute atomic E-state index is 0.299. The maximum absolute atomic E-state index is 10.6. The van der Waals surface area contributed by atoms with Crippen LogP contribution in [0.2, 0.25) is 0 Å². The van der Waals surface area contributed by atoms with Crippen LogP contribution in [0.1, 0.15) is 11.1 Å². The highest BCUT2D eigenvalue weighted by molar-refractivity contribution is 5.76. The number of carbonyl (C=O) groups is 1. The number of nitrogens with two attached hydrogens (primary N) is 1. The summed E-state index contributed by atoms with van der Waals surface area (Å²) in [5.74, 6) is -0.306. The third kappa shape index (κ3) is 3.25. The first-order chi connectivity index (χ1) is 6.22. The fourth-order valence-corrected chi connectivity index (χ4v) is 1.12. The summed E-state index contributed by atoms with van der Waals surface area (Å²) in [6.45, 7) is 0.594. The number of benzene rings is 1. The Hall–Kier alpha value is -1.35. The number of hydrogen-bond acceptors (Lipinski definition) is 2. The van der Waals surface area contributed by atoms with Gasteiger partial charge in [0.25, 0.3) is 0 Å². The lowest BCUT2D eigenvalue weighted by molar-refractivity contribution is -0.117. The van der Waals surface area contributed by atoms with E-state index < -0.39 is 0 Å². The van der Waals surface area contributed by atoms with Gasteiger partial charge in [-0.15, -0.1) is 0 Å². The lowest BCUT2D eigenvalue weighted by Crippen LogP contribution is -2.13. The Labute approximate surface area is 77.5 Å². The monoisotopic (exact) mass is 179 g/mol. The average Bonchev–Trinajstić information content (AvgIpc) is 2.08. The third-order valence-corrected chi connectivity index (χ3v) is 1.71. The summed E-state index contributed by atoms with van der Waals surface area (Å²) in [7, 11) is 1.65. The Bertz CT molecular complexity index is 279. The maximum Gasteiger partial charge on any atom is 0.221 e. The van der Waals surface area contributed by atoms with Gasteiger partial charge in [0.2, 0.25) is 5.91 Å². The number of primary amides is 1. The van der Waals surface area contributed by atoms with E-state index >= 15 is 0 Å². The van der Waals surface area contributed by atoms with Crippen molar-refractivity contribution < 1.29 is 9.53 Å². The lowest BCUT2D eigenvalue weighted by atomic mass is 10.1. The van der Waals surface area contributed by atoms with Crippen molar-refractivity contribution in [3.8, 4) is 0 Å². The summed E-state index contributed by atoms with van der Waals surface area (Å²) in [5.41, 5.74) is 7.09. The Morgan fingerprint density at radius 3 is 2.31 bits per heavy atom. The van der Waals surface area contributed by atoms with Gasteiger partial charge in [0.05, 0.1) is 13.0 Å². The first-order valence-corrected chi connectivity index (χ1v) is 4.07. The molecule has 13 heavy (non-hydrogen) atoms. The lowest BCUT2D eigenvalue weighted by Gasteiger charge is -2.01. The van der Waals surface area contributed by atoms with Crippen LogP contribution in [0.3, 0.4) is 0 Å². The van der Waals surface area contributed by atoms with Crippen molar-refractivity contribution in [1.82, 2.24) is 0 Å². The van der Waals surface area contributed by atoms with Gasteiger partial charge >= 0.3 is 0 Å². The molecule has 1 rings (SSSR count). The van der Waals surface area contributed by atoms with Crippen molar-refractivity contribution in [2.75, 3.05) is 7.11 Å². The highest BCUT2D eigenvalue weighted by Crippen LogP contribution is 2.05. The van der Waals surface area contributed by atoms with Crippen LogP contribution in [0.15, 0.2) is 24.3 Å². The normalized spacial score (nSPS) is 9.92.